The molecule has 1 aliphatic heterocycles. The molecule has 2 heterocycles. The number of aromatic nitrogens is 1. The third-order valence-electron chi connectivity index (χ3n) is 4.30. The van der Waals surface area contributed by atoms with Gasteiger partial charge >= 0.3 is 0 Å². The van der Waals surface area contributed by atoms with Crippen LogP contribution in [0.5, 0.6) is 0 Å². The molecule has 132 valence electrons. The number of H-pyrrole nitrogens is 1. The van der Waals surface area contributed by atoms with Gasteiger partial charge in [-0.15, -0.1) is 0 Å². The van der Waals surface area contributed by atoms with Crippen LogP contribution in [0.2, 0.25) is 0 Å². The first-order valence-electron chi connectivity index (χ1n) is 8.52. The minimum Gasteiger partial charge on any atom is -0.379 e. The van der Waals surface area contributed by atoms with Crippen molar-refractivity contribution in [1.29, 1.82) is 0 Å². The molecule has 1 saturated heterocycles. The Kier molecular flexibility index (Phi) is 5.63. The molecule has 6 heteroatoms. The maximum Gasteiger partial charge on any atom is 0.261 e. The molecule has 2 aromatic rings. The Balaban J connectivity index is 1.62. The van der Waals surface area contributed by atoms with Crippen LogP contribution in [0.4, 0.5) is 0 Å². The number of benzene rings is 1. The average Bonchev–Trinajstić information content (AvgIpc) is 2.62. The summed E-state index contributed by atoms with van der Waals surface area (Å²) in [5, 5.41) is 2.81. The largest absolute Gasteiger partial charge is 0.379 e. The summed E-state index contributed by atoms with van der Waals surface area (Å²) in [5.74, 6) is -0.342. The van der Waals surface area contributed by atoms with E-state index >= 15 is 0 Å². The molecule has 6 nitrogen and oxygen atoms in total. The molecular formula is C19H23N3O3. The van der Waals surface area contributed by atoms with E-state index in [1.807, 2.05) is 31.2 Å². The Morgan fingerprint density at radius 2 is 2.04 bits per heavy atom. The minimum atomic E-state index is -0.372. The van der Waals surface area contributed by atoms with Crippen LogP contribution in [0.25, 0.3) is 11.3 Å². The second-order valence-electron chi connectivity index (χ2n) is 6.19. The Labute approximate surface area is 146 Å². The predicted molar refractivity (Wildman–Crippen MR) is 96.8 cm³/mol. The molecule has 0 unspecified atom stereocenters. The highest BCUT2D eigenvalue weighted by molar-refractivity contribution is 5.94. The quantitative estimate of drug-likeness (QED) is 0.862. The van der Waals surface area contributed by atoms with Crippen molar-refractivity contribution >= 4 is 5.91 Å². The summed E-state index contributed by atoms with van der Waals surface area (Å²) in [6.45, 7) is 6.48. The molecule has 2 N–H and O–H groups in total. The van der Waals surface area contributed by atoms with Crippen molar-refractivity contribution in [2.75, 3.05) is 39.4 Å². The van der Waals surface area contributed by atoms with E-state index in [1.54, 1.807) is 12.1 Å². The van der Waals surface area contributed by atoms with Crippen LogP contribution >= 0.6 is 0 Å². The van der Waals surface area contributed by atoms with Gasteiger partial charge in [0.2, 0.25) is 0 Å². The lowest BCUT2D eigenvalue weighted by Crippen LogP contribution is -2.42. The maximum absolute atomic E-state index is 12.3. The van der Waals surface area contributed by atoms with Gasteiger partial charge in [0.1, 0.15) is 5.56 Å². The third kappa shape index (κ3) is 4.55. The van der Waals surface area contributed by atoms with Gasteiger partial charge in [-0.25, -0.2) is 0 Å². The van der Waals surface area contributed by atoms with Gasteiger partial charge in [0.15, 0.2) is 0 Å². The highest BCUT2D eigenvalue weighted by Crippen LogP contribution is 2.16. The van der Waals surface area contributed by atoms with E-state index < -0.39 is 0 Å². The summed E-state index contributed by atoms with van der Waals surface area (Å²) in [6.07, 6.45) is 0. The van der Waals surface area contributed by atoms with E-state index in [0.717, 1.165) is 44.0 Å². The van der Waals surface area contributed by atoms with Crippen molar-refractivity contribution in [3.8, 4) is 11.3 Å². The Morgan fingerprint density at radius 1 is 1.24 bits per heavy atom. The number of hydrogen-bond acceptors (Lipinski definition) is 4. The normalized spacial score (nSPS) is 15.1. The molecule has 1 fully saturated rings. The van der Waals surface area contributed by atoms with Crippen molar-refractivity contribution in [1.82, 2.24) is 15.2 Å². The zero-order valence-corrected chi connectivity index (χ0v) is 14.4. The lowest BCUT2D eigenvalue weighted by molar-refractivity contribution is 0.0383. The number of amides is 1. The van der Waals surface area contributed by atoms with Crippen LogP contribution in [0.15, 0.2) is 41.2 Å². The summed E-state index contributed by atoms with van der Waals surface area (Å²) in [7, 11) is 0. The number of aryl methyl sites for hydroxylation is 1. The Hall–Kier alpha value is -2.44. The van der Waals surface area contributed by atoms with Crippen LogP contribution in [-0.2, 0) is 4.74 Å². The van der Waals surface area contributed by atoms with Gasteiger partial charge < -0.3 is 15.0 Å². The zero-order chi connectivity index (χ0) is 17.6. The van der Waals surface area contributed by atoms with E-state index in [0.29, 0.717) is 12.2 Å². The molecule has 0 saturated carbocycles. The van der Waals surface area contributed by atoms with Gasteiger partial charge in [0, 0.05) is 31.9 Å². The molecule has 0 aliphatic carbocycles. The second-order valence-corrected chi connectivity index (χ2v) is 6.19. The number of aromatic amines is 1. The summed E-state index contributed by atoms with van der Waals surface area (Å²) in [4.78, 5) is 29.5. The molecular weight excluding hydrogens is 318 g/mol. The van der Waals surface area contributed by atoms with E-state index in [9.17, 15) is 9.59 Å². The first-order chi connectivity index (χ1) is 12.1. The van der Waals surface area contributed by atoms with Crippen molar-refractivity contribution in [3.63, 3.8) is 0 Å². The van der Waals surface area contributed by atoms with Gasteiger partial charge in [0.25, 0.3) is 11.5 Å². The summed E-state index contributed by atoms with van der Waals surface area (Å²) < 4.78 is 5.29. The number of carbonyl (C=O) groups is 1. The minimum absolute atomic E-state index is 0.137. The van der Waals surface area contributed by atoms with Gasteiger partial charge in [-0.2, -0.15) is 0 Å². The fraction of sp³-hybridized carbons (Fsp3) is 0.368. The van der Waals surface area contributed by atoms with Crippen LogP contribution in [0.1, 0.15) is 15.9 Å². The number of pyridine rings is 1. The van der Waals surface area contributed by atoms with E-state index in [2.05, 4.69) is 15.2 Å². The number of nitrogens with one attached hydrogen (secondary N) is 2. The highest BCUT2D eigenvalue weighted by atomic mass is 16.5. The maximum atomic E-state index is 12.3. The van der Waals surface area contributed by atoms with Gasteiger partial charge in [0.05, 0.1) is 13.2 Å². The van der Waals surface area contributed by atoms with Crippen LogP contribution in [0.3, 0.4) is 0 Å². The number of hydrogen-bond donors (Lipinski definition) is 2. The SMILES string of the molecule is Cc1cccc(-c2ccc(C(=O)NCCN3CCOCC3)c(=O)[nH]2)c1. The molecule has 1 aromatic carbocycles. The lowest BCUT2D eigenvalue weighted by Gasteiger charge is -2.26. The van der Waals surface area contributed by atoms with Crippen molar-refractivity contribution in [2.45, 2.75) is 6.92 Å². The van der Waals surface area contributed by atoms with Gasteiger partial charge in [-0.3, -0.25) is 14.5 Å². The highest BCUT2D eigenvalue weighted by Gasteiger charge is 2.13. The monoisotopic (exact) mass is 341 g/mol. The average molecular weight is 341 g/mol. The Morgan fingerprint density at radius 3 is 2.76 bits per heavy atom. The standard InChI is InChI=1S/C19H23N3O3/c1-14-3-2-4-15(13-14)17-6-5-16(19(24)21-17)18(23)20-7-8-22-9-11-25-12-10-22/h2-6,13H,7-12H2,1H3,(H,20,23)(H,21,24). The molecule has 0 bridgehead atoms. The smallest absolute Gasteiger partial charge is 0.261 e. The van der Waals surface area contributed by atoms with E-state index in [-0.39, 0.29) is 17.0 Å². The van der Waals surface area contributed by atoms with Crippen molar-refractivity contribution < 1.29 is 9.53 Å². The van der Waals surface area contributed by atoms with E-state index in [1.165, 1.54) is 0 Å². The van der Waals surface area contributed by atoms with Crippen LogP contribution in [-0.4, -0.2) is 55.2 Å². The van der Waals surface area contributed by atoms with Gasteiger partial charge in [-0.1, -0.05) is 23.8 Å². The first-order valence-corrected chi connectivity index (χ1v) is 8.52. The van der Waals surface area contributed by atoms with E-state index in [4.69, 9.17) is 4.74 Å². The first kappa shape index (κ1) is 17.4. The molecule has 0 radical (unpaired) electrons. The molecule has 0 atom stereocenters. The van der Waals surface area contributed by atoms with Crippen LogP contribution in [0, 0.1) is 6.92 Å². The molecule has 1 aromatic heterocycles. The topological polar surface area (TPSA) is 74.4 Å². The summed E-state index contributed by atoms with van der Waals surface area (Å²) in [5.41, 5.74) is 2.51. The molecule has 1 amide bonds. The lowest BCUT2D eigenvalue weighted by atomic mass is 10.1. The Bertz CT molecular complexity index is 794. The third-order valence-corrected chi connectivity index (χ3v) is 4.30. The number of carbonyl (C=O) groups excluding carboxylic acids is 1. The van der Waals surface area contributed by atoms with Crippen molar-refractivity contribution in [2.24, 2.45) is 0 Å². The second kappa shape index (κ2) is 8.09. The molecule has 1 aliphatic rings. The van der Waals surface area contributed by atoms with Crippen LogP contribution < -0.4 is 10.9 Å². The molecule has 25 heavy (non-hydrogen) atoms. The van der Waals surface area contributed by atoms with Gasteiger partial charge in [-0.05, 0) is 30.7 Å². The zero-order valence-electron chi connectivity index (χ0n) is 14.4. The fourth-order valence-electron chi connectivity index (χ4n) is 2.88. The van der Waals surface area contributed by atoms with Crippen molar-refractivity contribution in [3.05, 3.63) is 57.9 Å². The number of ether oxygens (including phenoxy) is 1. The summed E-state index contributed by atoms with van der Waals surface area (Å²) in [6, 6.07) is 11.2. The molecule has 0 spiro atoms. The molecule has 3 rings (SSSR count). The number of morpholine rings is 1. The number of rotatable bonds is 5. The number of nitrogens with zero attached hydrogens (tertiary/aromatic N) is 1. The predicted octanol–water partition coefficient (Wildman–Crippen LogP) is 1.41. The summed E-state index contributed by atoms with van der Waals surface area (Å²) >= 11 is 0. The fourth-order valence-corrected chi connectivity index (χ4v) is 2.88.